The van der Waals surface area contributed by atoms with Crippen LogP contribution in [-0.4, -0.2) is 51.6 Å². The van der Waals surface area contributed by atoms with E-state index in [4.69, 9.17) is 18.9 Å². The van der Waals surface area contributed by atoms with Crippen LogP contribution in [0.2, 0.25) is 0 Å². The van der Waals surface area contributed by atoms with Crippen molar-refractivity contribution in [3.63, 3.8) is 0 Å². The van der Waals surface area contributed by atoms with Crippen LogP contribution in [0.3, 0.4) is 0 Å². The number of rotatable bonds is 11. The maximum atomic E-state index is 12.1. The maximum Gasteiger partial charge on any atom is 0.308 e. The number of hydrogen-bond acceptors (Lipinski definition) is 6. The molecule has 28 heavy (non-hydrogen) atoms. The molecule has 2 rings (SSSR count). The molecule has 6 heteroatoms. The van der Waals surface area contributed by atoms with Crippen molar-refractivity contribution in [1.29, 1.82) is 0 Å². The fourth-order valence-electron chi connectivity index (χ4n) is 4.21. The van der Waals surface area contributed by atoms with Crippen molar-refractivity contribution in [3.05, 3.63) is 0 Å². The lowest BCUT2D eigenvalue weighted by molar-refractivity contribution is -0.151. The van der Waals surface area contributed by atoms with Gasteiger partial charge in [0.2, 0.25) is 0 Å². The Balaban J connectivity index is 1.41. The number of hydrogen-bond donors (Lipinski definition) is 0. The Bertz CT molecular complexity index is 408. The van der Waals surface area contributed by atoms with Gasteiger partial charge < -0.3 is 18.9 Å². The molecule has 0 aromatic rings. The lowest BCUT2D eigenvalue weighted by atomic mass is 9.87. The van der Waals surface area contributed by atoms with E-state index in [0.29, 0.717) is 25.4 Å². The van der Waals surface area contributed by atoms with Crippen LogP contribution >= 0.6 is 0 Å². The Hall–Kier alpha value is -1.14. The number of methoxy groups -OCH3 is 2. The van der Waals surface area contributed by atoms with Gasteiger partial charge in [0, 0.05) is 14.2 Å². The molecule has 2 saturated carbocycles. The Kier molecular flexibility index (Phi) is 10.9. The molecule has 0 bridgehead atoms. The molecule has 2 fully saturated rings. The third-order valence-corrected chi connectivity index (χ3v) is 6.21. The minimum absolute atomic E-state index is 0.0461. The van der Waals surface area contributed by atoms with Gasteiger partial charge in [-0.2, -0.15) is 0 Å². The Morgan fingerprint density at radius 1 is 0.607 bits per heavy atom. The Labute approximate surface area is 169 Å². The first kappa shape index (κ1) is 23.1. The van der Waals surface area contributed by atoms with Crippen molar-refractivity contribution in [2.45, 2.75) is 89.3 Å². The van der Waals surface area contributed by atoms with Crippen molar-refractivity contribution in [2.75, 3.05) is 27.4 Å². The molecule has 0 amide bonds. The summed E-state index contributed by atoms with van der Waals surface area (Å²) in [5.74, 6) is -0.00658. The monoisotopic (exact) mass is 398 g/mol. The average Bonchev–Trinajstić information content (AvgIpc) is 2.75. The van der Waals surface area contributed by atoms with Crippen molar-refractivity contribution in [3.8, 4) is 0 Å². The van der Waals surface area contributed by atoms with Crippen LogP contribution < -0.4 is 0 Å². The summed E-state index contributed by atoms with van der Waals surface area (Å²) in [7, 11) is 3.47. The first-order valence-electron chi connectivity index (χ1n) is 11.0. The molecule has 0 N–H and O–H groups in total. The average molecular weight is 399 g/mol. The normalized spacial score (nSPS) is 27.9. The van der Waals surface area contributed by atoms with Crippen molar-refractivity contribution >= 4 is 11.9 Å². The summed E-state index contributed by atoms with van der Waals surface area (Å²) in [5.41, 5.74) is 0. The molecule has 2 aliphatic rings. The molecule has 0 spiro atoms. The highest BCUT2D eigenvalue weighted by atomic mass is 16.5. The number of ether oxygens (including phenoxy) is 4. The highest BCUT2D eigenvalue weighted by Gasteiger charge is 2.28. The van der Waals surface area contributed by atoms with Crippen LogP contribution in [0.25, 0.3) is 0 Å². The second-order valence-electron chi connectivity index (χ2n) is 8.17. The fourth-order valence-corrected chi connectivity index (χ4v) is 4.21. The molecule has 0 atom stereocenters. The van der Waals surface area contributed by atoms with E-state index in [1.165, 1.54) is 0 Å². The minimum atomic E-state index is -0.0494. The van der Waals surface area contributed by atoms with E-state index in [9.17, 15) is 9.59 Å². The molecular weight excluding hydrogens is 360 g/mol. The molecule has 0 heterocycles. The Morgan fingerprint density at radius 2 is 0.964 bits per heavy atom. The molecule has 6 nitrogen and oxygen atoms in total. The summed E-state index contributed by atoms with van der Waals surface area (Å²) in [4.78, 5) is 24.1. The molecule has 0 aromatic carbocycles. The third-order valence-electron chi connectivity index (χ3n) is 6.21. The topological polar surface area (TPSA) is 71.1 Å². The van der Waals surface area contributed by atoms with Gasteiger partial charge >= 0.3 is 11.9 Å². The van der Waals surface area contributed by atoms with E-state index >= 15 is 0 Å². The molecule has 162 valence electrons. The second-order valence-corrected chi connectivity index (χ2v) is 8.17. The molecule has 2 aliphatic carbocycles. The van der Waals surface area contributed by atoms with E-state index in [1.807, 2.05) is 0 Å². The maximum absolute atomic E-state index is 12.1. The van der Waals surface area contributed by atoms with E-state index < -0.39 is 0 Å². The van der Waals surface area contributed by atoms with E-state index in [-0.39, 0.29) is 23.8 Å². The van der Waals surface area contributed by atoms with Gasteiger partial charge in [-0.25, -0.2) is 0 Å². The van der Waals surface area contributed by atoms with E-state index in [0.717, 1.165) is 77.0 Å². The third kappa shape index (κ3) is 8.08. The molecule has 0 aliphatic heterocycles. The number of carbonyl (C=O) groups excluding carboxylic acids is 2. The zero-order valence-electron chi connectivity index (χ0n) is 17.7. The zero-order chi connectivity index (χ0) is 20.2. The molecule has 0 unspecified atom stereocenters. The zero-order valence-corrected chi connectivity index (χ0v) is 17.7. The SMILES string of the molecule is COC1CCC(C(=O)OCCCCCCOC(=O)C2CCC(OC)CC2)CC1. The number of esters is 2. The summed E-state index contributed by atoms with van der Waals surface area (Å²) < 4.78 is 21.5. The van der Waals surface area contributed by atoms with Crippen LogP contribution in [0, 0.1) is 11.8 Å². The quantitative estimate of drug-likeness (QED) is 0.386. The molecule has 0 radical (unpaired) electrons. The van der Waals surface area contributed by atoms with Gasteiger partial charge in [0.05, 0.1) is 37.3 Å². The van der Waals surface area contributed by atoms with Gasteiger partial charge in [-0.1, -0.05) is 0 Å². The fraction of sp³-hybridized carbons (Fsp3) is 0.909. The summed E-state index contributed by atoms with van der Waals surface area (Å²) >= 11 is 0. The van der Waals surface area contributed by atoms with Gasteiger partial charge in [0.15, 0.2) is 0 Å². The number of carbonyl (C=O) groups is 2. The van der Waals surface area contributed by atoms with Crippen molar-refractivity contribution in [2.24, 2.45) is 11.8 Å². The predicted molar refractivity (Wildman–Crippen MR) is 106 cm³/mol. The highest BCUT2D eigenvalue weighted by Crippen LogP contribution is 2.27. The van der Waals surface area contributed by atoms with Gasteiger partial charge in [0.25, 0.3) is 0 Å². The van der Waals surface area contributed by atoms with Crippen LogP contribution in [0.15, 0.2) is 0 Å². The van der Waals surface area contributed by atoms with Gasteiger partial charge in [-0.05, 0) is 77.0 Å². The van der Waals surface area contributed by atoms with Gasteiger partial charge in [0.1, 0.15) is 0 Å². The van der Waals surface area contributed by atoms with Gasteiger partial charge in [-0.3, -0.25) is 9.59 Å². The van der Waals surface area contributed by atoms with Crippen molar-refractivity contribution < 1.29 is 28.5 Å². The predicted octanol–water partition coefficient (Wildman–Crippen LogP) is 4.04. The van der Waals surface area contributed by atoms with E-state index in [1.54, 1.807) is 14.2 Å². The summed E-state index contributed by atoms with van der Waals surface area (Å²) in [6.07, 6.45) is 11.6. The number of unbranched alkanes of at least 4 members (excludes halogenated alkanes) is 3. The standard InChI is InChI=1S/C22H38O6/c1-25-19-11-7-17(8-12-19)21(23)27-15-5-3-4-6-16-28-22(24)18-9-13-20(26-2)14-10-18/h17-20H,3-16H2,1-2H3. The molecular formula is C22H38O6. The Morgan fingerprint density at radius 3 is 1.29 bits per heavy atom. The van der Waals surface area contributed by atoms with Crippen LogP contribution in [0.5, 0.6) is 0 Å². The van der Waals surface area contributed by atoms with Crippen LogP contribution in [0.4, 0.5) is 0 Å². The highest BCUT2D eigenvalue weighted by molar-refractivity contribution is 5.72. The first-order valence-corrected chi connectivity index (χ1v) is 11.0. The lowest BCUT2D eigenvalue weighted by Gasteiger charge is -2.26. The van der Waals surface area contributed by atoms with Crippen LogP contribution in [-0.2, 0) is 28.5 Å². The summed E-state index contributed by atoms with van der Waals surface area (Å²) in [5, 5.41) is 0. The summed E-state index contributed by atoms with van der Waals surface area (Å²) in [6.45, 7) is 0.983. The largest absolute Gasteiger partial charge is 0.465 e. The van der Waals surface area contributed by atoms with Crippen molar-refractivity contribution in [1.82, 2.24) is 0 Å². The minimum Gasteiger partial charge on any atom is -0.465 e. The summed E-state index contributed by atoms with van der Waals surface area (Å²) in [6, 6.07) is 0. The molecule has 0 saturated heterocycles. The lowest BCUT2D eigenvalue weighted by Crippen LogP contribution is -2.27. The smallest absolute Gasteiger partial charge is 0.308 e. The molecule has 0 aromatic heterocycles. The van der Waals surface area contributed by atoms with Gasteiger partial charge in [-0.15, -0.1) is 0 Å². The first-order chi connectivity index (χ1) is 13.6. The van der Waals surface area contributed by atoms with E-state index in [2.05, 4.69) is 0 Å². The van der Waals surface area contributed by atoms with Crippen LogP contribution in [0.1, 0.15) is 77.0 Å². The second kappa shape index (κ2) is 13.2.